The maximum absolute atomic E-state index is 6.38. The van der Waals surface area contributed by atoms with Crippen molar-refractivity contribution in [2.24, 2.45) is 23.7 Å². The lowest BCUT2D eigenvalue weighted by atomic mass is 9.75. The minimum absolute atomic E-state index is 0.544. The summed E-state index contributed by atoms with van der Waals surface area (Å²) >= 11 is 0. The van der Waals surface area contributed by atoms with E-state index in [1.807, 2.05) is 7.11 Å². The predicted molar refractivity (Wildman–Crippen MR) is 105 cm³/mol. The molecular weight excluding hydrogens is 308 g/mol. The molecule has 2 atom stereocenters. The van der Waals surface area contributed by atoms with Crippen LogP contribution in [-0.4, -0.2) is 25.9 Å². The van der Waals surface area contributed by atoms with Crippen molar-refractivity contribution >= 4 is 0 Å². The van der Waals surface area contributed by atoms with E-state index in [2.05, 4.69) is 6.92 Å². The molecule has 2 aliphatic carbocycles. The SMILES string of the molecule is CCCC1CCC(C2CCC(CCC3CCC(OC)CC3)CO2)CC1. The quantitative estimate of drug-likeness (QED) is 0.531. The molecule has 3 aliphatic rings. The van der Waals surface area contributed by atoms with Gasteiger partial charge in [-0.05, 0) is 81.5 Å². The van der Waals surface area contributed by atoms with E-state index < -0.39 is 0 Å². The standard InChI is InChI=1S/C23H42O2/c1-3-4-18-7-12-21(13-8-18)23-16-11-20(17-25-23)6-5-19-9-14-22(24-2)15-10-19/h18-23H,3-17H2,1-2H3. The highest BCUT2D eigenvalue weighted by atomic mass is 16.5. The fourth-order valence-corrected chi connectivity index (χ4v) is 5.81. The molecule has 0 radical (unpaired) electrons. The molecule has 2 unspecified atom stereocenters. The molecule has 2 saturated carbocycles. The van der Waals surface area contributed by atoms with Gasteiger partial charge in [-0.25, -0.2) is 0 Å². The maximum atomic E-state index is 6.38. The Bertz CT molecular complexity index is 345. The lowest BCUT2D eigenvalue weighted by Gasteiger charge is -2.38. The first kappa shape index (κ1) is 19.7. The summed E-state index contributed by atoms with van der Waals surface area (Å²) in [5, 5.41) is 0. The molecule has 2 heteroatoms. The van der Waals surface area contributed by atoms with Gasteiger partial charge in [0.1, 0.15) is 0 Å². The van der Waals surface area contributed by atoms with Crippen molar-refractivity contribution in [1.82, 2.24) is 0 Å². The predicted octanol–water partition coefficient (Wildman–Crippen LogP) is 6.37. The second-order valence-corrected chi connectivity index (χ2v) is 9.34. The zero-order chi connectivity index (χ0) is 17.5. The highest BCUT2D eigenvalue weighted by Gasteiger charge is 2.31. The molecule has 0 aromatic heterocycles. The van der Waals surface area contributed by atoms with E-state index in [0.717, 1.165) is 30.3 Å². The molecule has 0 bridgehead atoms. The van der Waals surface area contributed by atoms with Gasteiger partial charge in [-0.3, -0.25) is 0 Å². The summed E-state index contributed by atoms with van der Waals surface area (Å²) in [7, 11) is 1.87. The summed E-state index contributed by atoms with van der Waals surface area (Å²) in [5.41, 5.74) is 0. The van der Waals surface area contributed by atoms with Crippen molar-refractivity contribution < 1.29 is 9.47 Å². The van der Waals surface area contributed by atoms with Crippen LogP contribution >= 0.6 is 0 Å². The number of rotatable bonds is 7. The van der Waals surface area contributed by atoms with Gasteiger partial charge in [0, 0.05) is 13.7 Å². The Morgan fingerprint density at radius 2 is 1.32 bits per heavy atom. The third kappa shape index (κ3) is 5.96. The van der Waals surface area contributed by atoms with Gasteiger partial charge >= 0.3 is 0 Å². The van der Waals surface area contributed by atoms with E-state index in [1.54, 1.807) is 0 Å². The van der Waals surface area contributed by atoms with Crippen LogP contribution in [0, 0.1) is 23.7 Å². The lowest BCUT2D eigenvalue weighted by Crippen LogP contribution is -2.34. The topological polar surface area (TPSA) is 18.5 Å². The number of ether oxygens (including phenoxy) is 2. The molecule has 0 spiro atoms. The van der Waals surface area contributed by atoms with E-state index in [1.165, 1.54) is 89.9 Å². The molecule has 0 amide bonds. The molecule has 0 aromatic carbocycles. The van der Waals surface area contributed by atoms with E-state index in [0.29, 0.717) is 12.2 Å². The number of methoxy groups -OCH3 is 1. The minimum Gasteiger partial charge on any atom is -0.381 e. The molecule has 25 heavy (non-hydrogen) atoms. The third-order valence-electron chi connectivity index (χ3n) is 7.63. The van der Waals surface area contributed by atoms with Crippen molar-refractivity contribution in [3.63, 3.8) is 0 Å². The van der Waals surface area contributed by atoms with Crippen LogP contribution < -0.4 is 0 Å². The fourth-order valence-electron chi connectivity index (χ4n) is 5.81. The average molecular weight is 351 g/mol. The van der Waals surface area contributed by atoms with Crippen LogP contribution in [-0.2, 0) is 9.47 Å². The summed E-state index contributed by atoms with van der Waals surface area (Å²) in [6.07, 6.45) is 20.7. The van der Waals surface area contributed by atoms with Crippen LogP contribution in [0.15, 0.2) is 0 Å². The Kier molecular flexibility index (Phi) is 8.11. The van der Waals surface area contributed by atoms with Crippen molar-refractivity contribution in [2.45, 2.75) is 109 Å². The summed E-state index contributed by atoms with van der Waals surface area (Å²) < 4.78 is 11.9. The minimum atomic E-state index is 0.544. The van der Waals surface area contributed by atoms with Crippen LogP contribution in [0.5, 0.6) is 0 Å². The second-order valence-electron chi connectivity index (χ2n) is 9.34. The smallest absolute Gasteiger partial charge is 0.0603 e. The monoisotopic (exact) mass is 350 g/mol. The van der Waals surface area contributed by atoms with Gasteiger partial charge in [0.25, 0.3) is 0 Å². The van der Waals surface area contributed by atoms with Crippen LogP contribution in [0.3, 0.4) is 0 Å². The zero-order valence-corrected chi connectivity index (χ0v) is 16.9. The van der Waals surface area contributed by atoms with Crippen molar-refractivity contribution in [3.8, 4) is 0 Å². The Balaban J connectivity index is 1.29. The first-order valence-corrected chi connectivity index (χ1v) is 11.4. The van der Waals surface area contributed by atoms with Crippen LogP contribution in [0.1, 0.15) is 96.8 Å². The molecule has 3 fully saturated rings. The maximum Gasteiger partial charge on any atom is 0.0603 e. The summed E-state index contributed by atoms with van der Waals surface area (Å²) in [6, 6.07) is 0. The molecule has 0 aromatic rings. The first-order valence-electron chi connectivity index (χ1n) is 11.4. The van der Waals surface area contributed by atoms with Crippen LogP contribution in [0.25, 0.3) is 0 Å². The molecule has 1 aliphatic heterocycles. The normalized spacial score (nSPS) is 40.1. The van der Waals surface area contributed by atoms with E-state index in [9.17, 15) is 0 Å². The van der Waals surface area contributed by atoms with E-state index >= 15 is 0 Å². The third-order valence-corrected chi connectivity index (χ3v) is 7.63. The summed E-state index contributed by atoms with van der Waals surface area (Å²) in [4.78, 5) is 0. The number of hydrogen-bond donors (Lipinski definition) is 0. The van der Waals surface area contributed by atoms with Crippen molar-refractivity contribution in [1.29, 1.82) is 0 Å². The van der Waals surface area contributed by atoms with Gasteiger partial charge in [0.2, 0.25) is 0 Å². The lowest BCUT2D eigenvalue weighted by molar-refractivity contribution is -0.0609. The zero-order valence-electron chi connectivity index (χ0n) is 16.9. The highest BCUT2D eigenvalue weighted by molar-refractivity contribution is 4.82. The highest BCUT2D eigenvalue weighted by Crippen LogP contribution is 2.38. The molecule has 1 saturated heterocycles. The molecule has 146 valence electrons. The number of hydrogen-bond acceptors (Lipinski definition) is 2. The molecule has 3 rings (SSSR count). The average Bonchev–Trinajstić information content (AvgIpc) is 2.68. The largest absolute Gasteiger partial charge is 0.381 e. The first-order chi connectivity index (χ1) is 12.3. The second kappa shape index (κ2) is 10.3. The van der Waals surface area contributed by atoms with E-state index in [-0.39, 0.29) is 0 Å². The summed E-state index contributed by atoms with van der Waals surface area (Å²) in [6.45, 7) is 3.38. The van der Waals surface area contributed by atoms with Gasteiger partial charge in [-0.2, -0.15) is 0 Å². The van der Waals surface area contributed by atoms with Crippen LogP contribution in [0.2, 0.25) is 0 Å². The molecule has 0 N–H and O–H groups in total. The Hall–Kier alpha value is -0.0800. The van der Waals surface area contributed by atoms with Gasteiger partial charge in [-0.1, -0.05) is 39.0 Å². The Morgan fingerprint density at radius 3 is 1.92 bits per heavy atom. The van der Waals surface area contributed by atoms with Crippen molar-refractivity contribution in [3.05, 3.63) is 0 Å². The molecular formula is C23H42O2. The Labute approximate surface area is 156 Å². The molecule has 1 heterocycles. The molecule has 2 nitrogen and oxygen atoms in total. The Morgan fingerprint density at radius 1 is 0.720 bits per heavy atom. The van der Waals surface area contributed by atoms with Gasteiger partial charge in [0.05, 0.1) is 12.2 Å². The van der Waals surface area contributed by atoms with Crippen LogP contribution in [0.4, 0.5) is 0 Å². The van der Waals surface area contributed by atoms with E-state index in [4.69, 9.17) is 9.47 Å². The van der Waals surface area contributed by atoms with Gasteiger partial charge < -0.3 is 9.47 Å². The van der Waals surface area contributed by atoms with Gasteiger partial charge in [-0.15, -0.1) is 0 Å². The summed E-state index contributed by atoms with van der Waals surface area (Å²) in [5.74, 6) is 3.69. The fraction of sp³-hybridized carbons (Fsp3) is 1.00. The van der Waals surface area contributed by atoms with Gasteiger partial charge in [0.15, 0.2) is 0 Å². The van der Waals surface area contributed by atoms with Crippen molar-refractivity contribution in [2.75, 3.05) is 13.7 Å².